The predicted octanol–water partition coefficient (Wildman–Crippen LogP) is 2.23. The molecule has 1 fully saturated rings. The van der Waals surface area contributed by atoms with Crippen molar-refractivity contribution in [3.63, 3.8) is 0 Å². The van der Waals surface area contributed by atoms with Gasteiger partial charge in [0.2, 0.25) is 10.0 Å². The normalized spacial score (nSPS) is 14.9. The van der Waals surface area contributed by atoms with Crippen LogP contribution in [0.2, 0.25) is 0 Å². The first-order chi connectivity index (χ1) is 14.8. The molecule has 0 saturated carbocycles. The van der Waals surface area contributed by atoms with E-state index in [0.717, 1.165) is 11.1 Å². The average molecular weight is 449 g/mol. The van der Waals surface area contributed by atoms with Crippen molar-refractivity contribution in [2.75, 3.05) is 47.0 Å². The second-order valence-corrected chi connectivity index (χ2v) is 9.22. The molecule has 9 heteroatoms. The summed E-state index contributed by atoms with van der Waals surface area (Å²) in [6, 6.07) is 10.5. The summed E-state index contributed by atoms with van der Waals surface area (Å²) in [6.45, 7) is 4.63. The Bertz CT molecular complexity index is 1050. The second kappa shape index (κ2) is 9.57. The quantitative estimate of drug-likeness (QED) is 0.646. The SMILES string of the molecule is COc1ccccc1OCC(=O)N1CCN(S(=O)(=O)c2cc(C)c(C)cc2OC)CC1. The summed E-state index contributed by atoms with van der Waals surface area (Å²) < 4.78 is 43.9. The number of amides is 1. The number of carbonyl (C=O) groups is 1. The molecule has 168 valence electrons. The zero-order chi connectivity index (χ0) is 22.6. The summed E-state index contributed by atoms with van der Waals surface area (Å²) in [5.41, 5.74) is 1.84. The van der Waals surface area contributed by atoms with E-state index in [9.17, 15) is 13.2 Å². The van der Waals surface area contributed by atoms with E-state index < -0.39 is 10.0 Å². The molecule has 0 aliphatic carbocycles. The van der Waals surface area contributed by atoms with Gasteiger partial charge in [-0.05, 0) is 49.2 Å². The number of benzene rings is 2. The highest BCUT2D eigenvalue weighted by atomic mass is 32.2. The maximum absolute atomic E-state index is 13.2. The van der Waals surface area contributed by atoms with Gasteiger partial charge < -0.3 is 19.1 Å². The lowest BCUT2D eigenvalue weighted by molar-refractivity contribution is -0.134. The fraction of sp³-hybridized carbons (Fsp3) is 0.409. The molecule has 0 atom stereocenters. The van der Waals surface area contributed by atoms with Gasteiger partial charge in [-0.25, -0.2) is 8.42 Å². The first-order valence-electron chi connectivity index (χ1n) is 9.97. The van der Waals surface area contributed by atoms with Gasteiger partial charge in [0.1, 0.15) is 10.6 Å². The molecule has 1 amide bonds. The molecule has 1 heterocycles. The van der Waals surface area contributed by atoms with Crippen molar-refractivity contribution in [2.24, 2.45) is 0 Å². The van der Waals surface area contributed by atoms with E-state index in [0.29, 0.717) is 30.3 Å². The molecule has 2 aromatic rings. The van der Waals surface area contributed by atoms with Crippen LogP contribution in [0.1, 0.15) is 11.1 Å². The topological polar surface area (TPSA) is 85.4 Å². The number of rotatable bonds is 7. The van der Waals surface area contributed by atoms with Crippen LogP contribution in [-0.2, 0) is 14.8 Å². The van der Waals surface area contributed by atoms with E-state index >= 15 is 0 Å². The number of sulfonamides is 1. The van der Waals surface area contributed by atoms with Crippen LogP contribution >= 0.6 is 0 Å². The number of para-hydroxylation sites is 2. The Morgan fingerprint density at radius 2 is 1.48 bits per heavy atom. The fourth-order valence-corrected chi connectivity index (χ4v) is 5.05. The van der Waals surface area contributed by atoms with Crippen molar-refractivity contribution in [1.82, 2.24) is 9.21 Å². The number of ether oxygens (including phenoxy) is 3. The molecular weight excluding hydrogens is 420 g/mol. The Hall–Kier alpha value is -2.78. The predicted molar refractivity (Wildman–Crippen MR) is 116 cm³/mol. The summed E-state index contributed by atoms with van der Waals surface area (Å²) in [7, 11) is -0.739. The Labute approximate surface area is 183 Å². The summed E-state index contributed by atoms with van der Waals surface area (Å²) in [6.07, 6.45) is 0. The number of nitrogens with zero attached hydrogens (tertiary/aromatic N) is 2. The lowest BCUT2D eigenvalue weighted by atomic mass is 10.1. The third-order valence-electron chi connectivity index (χ3n) is 5.41. The molecule has 0 N–H and O–H groups in total. The standard InChI is InChI=1S/C22H28N2O6S/c1-16-13-20(29-4)21(14-17(16)2)31(26,27)24-11-9-23(10-12-24)22(25)15-30-19-8-6-5-7-18(19)28-3/h5-8,13-14H,9-12,15H2,1-4H3. The van der Waals surface area contributed by atoms with Gasteiger partial charge in [0.15, 0.2) is 18.1 Å². The van der Waals surface area contributed by atoms with Gasteiger partial charge in [-0.15, -0.1) is 0 Å². The van der Waals surface area contributed by atoms with Gasteiger partial charge >= 0.3 is 0 Å². The molecule has 0 bridgehead atoms. The lowest BCUT2D eigenvalue weighted by Crippen LogP contribution is -2.51. The van der Waals surface area contributed by atoms with Crippen LogP contribution < -0.4 is 14.2 Å². The van der Waals surface area contributed by atoms with Crippen LogP contribution in [0.25, 0.3) is 0 Å². The van der Waals surface area contributed by atoms with Crippen LogP contribution in [0.4, 0.5) is 0 Å². The van der Waals surface area contributed by atoms with Crippen molar-refractivity contribution < 1.29 is 27.4 Å². The number of carbonyl (C=O) groups excluding carboxylic acids is 1. The zero-order valence-corrected chi connectivity index (χ0v) is 19.1. The summed E-state index contributed by atoms with van der Waals surface area (Å²) >= 11 is 0. The third kappa shape index (κ3) is 4.94. The molecule has 0 aromatic heterocycles. The highest BCUT2D eigenvalue weighted by Crippen LogP contribution is 2.30. The summed E-state index contributed by atoms with van der Waals surface area (Å²) in [5, 5.41) is 0. The number of methoxy groups -OCH3 is 2. The van der Waals surface area contributed by atoms with Crippen LogP contribution in [0.3, 0.4) is 0 Å². The first-order valence-corrected chi connectivity index (χ1v) is 11.4. The van der Waals surface area contributed by atoms with Crippen LogP contribution in [0.5, 0.6) is 17.2 Å². The van der Waals surface area contributed by atoms with E-state index in [1.807, 2.05) is 19.9 Å². The number of hydrogen-bond donors (Lipinski definition) is 0. The minimum Gasteiger partial charge on any atom is -0.495 e. The van der Waals surface area contributed by atoms with Crippen molar-refractivity contribution in [3.05, 3.63) is 47.5 Å². The molecule has 31 heavy (non-hydrogen) atoms. The molecule has 3 rings (SSSR count). The zero-order valence-electron chi connectivity index (χ0n) is 18.3. The largest absolute Gasteiger partial charge is 0.495 e. The van der Waals surface area contributed by atoms with E-state index in [2.05, 4.69) is 0 Å². The van der Waals surface area contributed by atoms with E-state index in [1.165, 1.54) is 18.5 Å². The van der Waals surface area contributed by atoms with Gasteiger partial charge in [-0.3, -0.25) is 4.79 Å². The Morgan fingerprint density at radius 3 is 2.10 bits per heavy atom. The van der Waals surface area contributed by atoms with Crippen LogP contribution in [0, 0.1) is 13.8 Å². The average Bonchev–Trinajstić information content (AvgIpc) is 2.79. The summed E-state index contributed by atoms with van der Waals surface area (Å²) in [5.74, 6) is 1.16. The molecule has 2 aromatic carbocycles. The molecular formula is C22H28N2O6S. The number of hydrogen-bond acceptors (Lipinski definition) is 6. The van der Waals surface area contributed by atoms with Gasteiger partial charge in [-0.2, -0.15) is 4.31 Å². The smallest absolute Gasteiger partial charge is 0.260 e. The Morgan fingerprint density at radius 1 is 0.903 bits per heavy atom. The molecule has 1 saturated heterocycles. The molecule has 1 aliphatic heterocycles. The van der Waals surface area contributed by atoms with Crippen molar-refractivity contribution in [2.45, 2.75) is 18.7 Å². The summed E-state index contributed by atoms with van der Waals surface area (Å²) in [4.78, 5) is 14.3. The minimum absolute atomic E-state index is 0.141. The fourth-order valence-electron chi connectivity index (χ4n) is 3.41. The van der Waals surface area contributed by atoms with E-state index in [4.69, 9.17) is 14.2 Å². The molecule has 0 spiro atoms. The highest BCUT2D eigenvalue weighted by molar-refractivity contribution is 7.89. The van der Waals surface area contributed by atoms with Gasteiger partial charge in [0.25, 0.3) is 5.91 Å². The maximum Gasteiger partial charge on any atom is 0.260 e. The first kappa shape index (κ1) is 22.9. The highest BCUT2D eigenvalue weighted by Gasteiger charge is 2.32. The van der Waals surface area contributed by atoms with Gasteiger partial charge in [-0.1, -0.05) is 12.1 Å². The third-order valence-corrected chi connectivity index (χ3v) is 7.33. The van der Waals surface area contributed by atoms with Gasteiger partial charge in [0, 0.05) is 26.2 Å². The molecule has 1 aliphatic rings. The molecule has 0 radical (unpaired) electrons. The molecule has 0 unspecified atom stereocenters. The molecule has 8 nitrogen and oxygen atoms in total. The van der Waals surface area contributed by atoms with Crippen molar-refractivity contribution in [1.29, 1.82) is 0 Å². The van der Waals surface area contributed by atoms with Crippen molar-refractivity contribution >= 4 is 15.9 Å². The number of piperazine rings is 1. The lowest BCUT2D eigenvalue weighted by Gasteiger charge is -2.34. The second-order valence-electron chi connectivity index (χ2n) is 7.31. The number of aryl methyl sites for hydroxylation is 2. The van der Waals surface area contributed by atoms with Gasteiger partial charge in [0.05, 0.1) is 14.2 Å². The van der Waals surface area contributed by atoms with Crippen molar-refractivity contribution in [3.8, 4) is 17.2 Å². The monoisotopic (exact) mass is 448 g/mol. The Balaban J connectivity index is 1.64. The minimum atomic E-state index is -3.73. The van der Waals surface area contributed by atoms with Crippen LogP contribution in [0.15, 0.2) is 41.3 Å². The van der Waals surface area contributed by atoms with E-state index in [-0.39, 0.29) is 30.5 Å². The maximum atomic E-state index is 13.2. The van der Waals surface area contributed by atoms with Crippen LogP contribution in [-0.4, -0.2) is 70.5 Å². The Kier molecular flexibility index (Phi) is 7.07. The van der Waals surface area contributed by atoms with E-state index in [1.54, 1.807) is 35.2 Å².